The molecule has 5 heterocycles. The number of hydrogen-bond donors (Lipinski definition) is 1. The number of carbonyl (C=O) groups is 1. The highest BCUT2D eigenvalue weighted by atomic mass is 16.4. The molecule has 0 aliphatic carbocycles. The molecule has 0 unspecified atom stereocenters. The van der Waals surface area contributed by atoms with E-state index in [0.29, 0.717) is 28.4 Å². The Morgan fingerprint density at radius 3 is 2.62 bits per heavy atom. The summed E-state index contributed by atoms with van der Waals surface area (Å²) in [5.74, 6) is -0.0941. The van der Waals surface area contributed by atoms with Crippen molar-refractivity contribution in [1.29, 1.82) is 5.26 Å². The van der Waals surface area contributed by atoms with Gasteiger partial charge in [0, 0.05) is 35.8 Å². The van der Waals surface area contributed by atoms with Gasteiger partial charge in [0.2, 0.25) is 0 Å². The molecule has 0 saturated carbocycles. The van der Waals surface area contributed by atoms with Crippen LogP contribution < -0.4 is 10.5 Å². The van der Waals surface area contributed by atoms with Crippen LogP contribution in [0.1, 0.15) is 43.6 Å². The van der Waals surface area contributed by atoms with Crippen LogP contribution in [-0.2, 0) is 16.6 Å². The molecular formula is C29H24N2O6. The quantitative estimate of drug-likeness (QED) is 0.216. The third-order valence-electron chi connectivity index (χ3n) is 7.33. The fraction of sp³-hybridized carbons (Fsp3) is 0.276. The third kappa shape index (κ3) is 3.75. The molecule has 8 nitrogen and oxygen atoms in total. The van der Waals surface area contributed by atoms with Gasteiger partial charge in [0.15, 0.2) is 11.5 Å². The fourth-order valence-electron chi connectivity index (χ4n) is 5.46. The van der Waals surface area contributed by atoms with Crippen molar-refractivity contribution in [2.24, 2.45) is 0 Å². The van der Waals surface area contributed by atoms with Gasteiger partial charge in [-0.1, -0.05) is 13.8 Å². The molecule has 8 heteroatoms. The Labute approximate surface area is 212 Å². The third-order valence-corrected chi connectivity index (χ3v) is 7.33. The minimum Gasteiger partial charge on any atom is -0.477 e. The summed E-state index contributed by atoms with van der Waals surface area (Å²) < 4.78 is 17.6. The second-order valence-electron chi connectivity index (χ2n) is 10.2. The summed E-state index contributed by atoms with van der Waals surface area (Å²) in [7, 11) is 0. The Balaban J connectivity index is 1.42. The summed E-state index contributed by atoms with van der Waals surface area (Å²) in [6.07, 6.45) is 4.23. The molecule has 1 aromatic carbocycles. The molecule has 0 spiro atoms. The first-order chi connectivity index (χ1) is 17.7. The SMILES string of the molecule is CC1(C)CCN2CCCc3cc4cc(-c5ccc(-c6ccc(/C=C(/C#N)C(=O)O)o6)o5)c(=O)oc4c1c32. The maximum absolute atomic E-state index is 13.2. The zero-order chi connectivity index (χ0) is 25.9. The molecule has 1 N–H and O–H groups in total. The number of anilines is 1. The summed E-state index contributed by atoms with van der Waals surface area (Å²) in [5, 5.41) is 18.9. The number of benzene rings is 1. The average Bonchev–Trinajstić information content (AvgIpc) is 3.53. The van der Waals surface area contributed by atoms with Crippen molar-refractivity contribution in [3.05, 3.63) is 69.3 Å². The van der Waals surface area contributed by atoms with E-state index in [1.807, 2.05) is 6.07 Å². The van der Waals surface area contributed by atoms with Gasteiger partial charge in [-0.05, 0) is 66.6 Å². The molecule has 0 bridgehead atoms. The molecule has 3 aromatic heterocycles. The molecular weight excluding hydrogens is 472 g/mol. The van der Waals surface area contributed by atoms with Crippen molar-refractivity contribution < 1.29 is 23.2 Å². The molecule has 37 heavy (non-hydrogen) atoms. The van der Waals surface area contributed by atoms with Crippen LogP contribution in [0.4, 0.5) is 5.69 Å². The Morgan fingerprint density at radius 2 is 1.84 bits per heavy atom. The number of furan rings is 2. The zero-order valence-corrected chi connectivity index (χ0v) is 20.5. The molecule has 0 amide bonds. The lowest BCUT2D eigenvalue weighted by molar-refractivity contribution is -0.132. The molecule has 0 radical (unpaired) electrons. The lowest BCUT2D eigenvalue weighted by atomic mass is 9.74. The molecule has 186 valence electrons. The van der Waals surface area contributed by atoms with E-state index in [1.54, 1.807) is 30.3 Å². The monoisotopic (exact) mass is 496 g/mol. The van der Waals surface area contributed by atoms with Gasteiger partial charge in [-0.2, -0.15) is 5.26 Å². The molecule has 2 aliphatic rings. The average molecular weight is 497 g/mol. The van der Waals surface area contributed by atoms with Crippen LogP contribution in [0, 0.1) is 11.3 Å². The van der Waals surface area contributed by atoms with Crippen molar-refractivity contribution in [1.82, 2.24) is 0 Å². The van der Waals surface area contributed by atoms with Crippen molar-refractivity contribution >= 4 is 28.7 Å². The van der Waals surface area contributed by atoms with Crippen molar-refractivity contribution in [2.45, 2.75) is 38.5 Å². The minimum atomic E-state index is -1.34. The van der Waals surface area contributed by atoms with E-state index in [1.165, 1.54) is 11.3 Å². The van der Waals surface area contributed by atoms with Crippen LogP contribution >= 0.6 is 0 Å². The van der Waals surface area contributed by atoms with Crippen molar-refractivity contribution in [3.63, 3.8) is 0 Å². The summed E-state index contributed by atoms with van der Waals surface area (Å²) in [5.41, 5.74) is 3.57. The van der Waals surface area contributed by atoms with Gasteiger partial charge in [-0.15, -0.1) is 0 Å². The first kappa shape index (κ1) is 22.9. The molecule has 2 aliphatic heterocycles. The summed E-state index contributed by atoms with van der Waals surface area (Å²) in [4.78, 5) is 26.7. The van der Waals surface area contributed by atoms with Crippen molar-refractivity contribution in [3.8, 4) is 28.9 Å². The van der Waals surface area contributed by atoms with Gasteiger partial charge in [0.05, 0.1) is 0 Å². The standard InChI is InChI=1S/C29H24N2O6/c1-29(2)9-11-31-10-3-4-16-12-17-14-20(28(34)37-26(17)24(29)25(16)31)21-7-8-23(36-21)22-6-5-19(35-22)13-18(15-30)27(32)33/h5-8,12-14H,3-4,9-11H2,1-2H3,(H,32,33)/b18-13-. The van der Waals surface area contributed by atoms with Gasteiger partial charge in [-0.3, -0.25) is 0 Å². The second kappa shape index (κ2) is 8.27. The number of nitriles is 1. The molecule has 0 fully saturated rings. The van der Waals surface area contributed by atoms with Crippen LogP contribution in [0.5, 0.6) is 0 Å². The molecule has 4 aromatic rings. The first-order valence-electron chi connectivity index (χ1n) is 12.2. The summed E-state index contributed by atoms with van der Waals surface area (Å²) in [6, 6.07) is 12.1. The predicted molar refractivity (Wildman–Crippen MR) is 137 cm³/mol. The van der Waals surface area contributed by atoms with Crippen LogP contribution in [0.25, 0.3) is 39.9 Å². The highest BCUT2D eigenvalue weighted by Gasteiger charge is 2.37. The number of rotatable bonds is 4. The Morgan fingerprint density at radius 1 is 1.08 bits per heavy atom. The van der Waals surface area contributed by atoms with Crippen LogP contribution in [0.3, 0.4) is 0 Å². The minimum absolute atomic E-state index is 0.107. The lowest BCUT2D eigenvalue weighted by Gasteiger charge is -2.43. The normalized spacial score (nSPS) is 16.5. The van der Waals surface area contributed by atoms with Gasteiger partial charge in [0.25, 0.3) is 0 Å². The fourth-order valence-corrected chi connectivity index (χ4v) is 5.46. The molecule has 0 saturated heterocycles. The number of carboxylic acid groups (broad SMARTS) is 1. The van der Waals surface area contributed by atoms with Crippen LogP contribution in [0.15, 0.2) is 60.0 Å². The van der Waals surface area contributed by atoms with Gasteiger partial charge in [0.1, 0.15) is 34.3 Å². The Bertz CT molecular complexity index is 1710. The molecule has 6 rings (SSSR count). The van der Waals surface area contributed by atoms with E-state index in [-0.39, 0.29) is 11.2 Å². The van der Waals surface area contributed by atoms with E-state index in [0.717, 1.165) is 49.4 Å². The van der Waals surface area contributed by atoms with Gasteiger partial charge < -0.3 is 23.3 Å². The predicted octanol–water partition coefficient (Wildman–Crippen LogP) is 5.74. The van der Waals surface area contributed by atoms with Crippen molar-refractivity contribution in [2.75, 3.05) is 18.0 Å². The van der Waals surface area contributed by atoms with E-state index in [9.17, 15) is 9.59 Å². The van der Waals surface area contributed by atoms with E-state index < -0.39 is 17.2 Å². The first-order valence-corrected chi connectivity index (χ1v) is 12.2. The highest BCUT2D eigenvalue weighted by Crippen LogP contribution is 2.47. The number of aryl methyl sites for hydroxylation is 1. The number of carboxylic acids is 1. The van der Waals surface area contributed by atoms with Gasteiger partial charge in [-0.25, -0.2) is 9.59 Å². The Hall–Kier alpha value is -4.51. The Kier molecular flexibility index (Phi) is 5.12. The molecule has 0 atom stereocenters. The van der Waals surface area contributed by atoms with Gasteiger partial charge >= 0.3 is 11.6 Å². The summed E-state index contributed by atoms with van der Waals surface area (Å²) >= 11 is 0. The number of fused-ring (bicyclic) bond motifs is 2. The number of nitrogens with zero attached hydrogens (tertiary/aromatic N) is 2. The maximum atomic E-state index is 13.2. The second-order valence-corrected chi connectivity index (χ2v) is 10.2. The van der Waals surface area contributed by atoms with Crippen LogP contribution in [0.2, 0.25) is 0 Å². The smallest absolute Gasteiger partial charge is 0.347 e. The largest absolute Gasteiger partial charge is 0.477 e. The number of aliphatic carboxylic acids is 1. The summed E-state index contributed by atoms with van der Waals surface area (Å²) in [6.45, 7) is 6.46. The lowest BCUT2D eigenvalue weighted by Crippen LogP contribution is -2.40. The zero-order valence-electron chi connectivity index (χ0n) is 20.5. The highest BCUT2D eigenvalue weighted by molar-refractivity contribution is 5.96. The van der Waals surface area contributed by atoms with E-state index in [2.05, 4.69) is 24.8 Å². The maximum Gasteiger partial charge on any atom is 0.347 e. The topological polar surface area (TPSA) is 121 Å². The van der Waals surface area contributed by atoms with Crippen LogP contribution in [-0.4, -0.2) is 24.2 Å². The van der Waals surface area contributed by atoms with E-state index >= 15 is 0 Å². The van der Waals surface area contributed by atoms with E-state index in [4.69, 9.17) is 23.6 Å². The number of hydrogen-bond acceptors (Lipinski definition) is 7.